The van der Waals surface area contributed by atoms with Crippen molar-refractivity contribution in [3.63, 3.8) is 0 Å². The first-order valence-electron chi connectivity index (χ1n) is 3.65. The summed E-state index contributed by atoms with van der Waals surface area (Å²) < 4.78 is 0. The molecule has 1 rings (SSSR count). The van der Waals surface area contributed by atoms with Gasteiger partial charge in [-0.1, -0.05) is 6.92 Å². The van der Waals surface area contributed by atoms with Crippen LogP contribution in [-0.2, 0) is 0 Å². The third kappa shape index (κ3) is 1.25. The van der Waals surface area contributed by atoms with E-state index in [1.54, 1.807) is 0 Å². The number of hydrogen-bond acceptors (Lipinski definition) is 2. The van der Waals surface area contributed by atoms with E-state index >= 15 is 0 Å². The third-order valence-corrected chi connectivity index (χ3v) is 2.28. The van der Waals surface area contributed by atoms with E-state index in [0.717, 1.165) is 19.3 Å². The summed E-state index contributed by atoms with van der Waals surface area (Å²) in [4.78, 5) is 2.06. The maximum absolute atomic E-state index is 9.23. The molecule has 1 fully saturated rings. The van der Waals surface area contributed by atoms with Crippen LogP contribution < -0.4 is 0 Å². The van der Waals surface area contributed by atoms with E-state index in [-0.39, 0.29) is 6.23 Å². The van der Waals surface area contributed by atoms with Crippen LogP contribution in [0.5, 0.6) is 0 Å². The van der Waals surface area contributed by atoms with Gasteiger partial charge in [-0.3, -0.25) is 4.90 Å². The van der Waals surface area contributed by atoms with Gasteiger partial charge in [0, 0.05) is 6.04 Å². The smallest absolute Gasteiger partial charge is 0.107 e. The molecule has 0 spiro atoms. The number of hydrogen-bond donors (Lipinski definition) is 1. The first-order valence-corrected chi connectivity index (χ1v) is 3.65. The van der Waals surface area contributed by atoms with Gasteiger partial charge in [0.25, 0.3) is 0 Å². The summed E-state index contributed by atoms with van der Waals surface area (Å²) in [6.45, 7) is 2.17. The summed E-state index contributed by atoms with van der Waals surface area (Å²) >= 11 is 0. The normalized spacial score (nSPS) is 37.7. The Balaban J connectivity index is 2.41. The molecule has 2 atom stereocenters. The molecular formula is C7H15NO. The summed E-state index contributed by atoms with van der Waals surface area (Å²) in [5, 5.41) is 9.23. The molecule has 1 saturated heterocycles. The van der Waals surface area contributed by atoms with Crippen LogP contribution in [0, 0.1) is 0 Å². The van der Waals surface area contributed by atoms with Crippen molar-refractivity contribution in [1.29, 1.82) is 0 Å². The molecule has 1 N–H and O–H groups in total. The Labute approximate surface area is 56.5 Å². The van der Waals surface area contributed by atoms with Crippen molar-refractivity contribution in [1.82, 2.24) is 4.90 Å². The Hall–Kier alpha value is -0.0800. The van der Waals surface area contributed by atoms with Gasteiger partial charge in [-0.15, -0.1) is 0 Å². The molecule has 0 aromatic rings. The summed E-state index contributed by atoms with van der Waals surface area (Å²) in [5.41, 5.74) is 0. The molecule has 1 heterocycles. The van der Waals surface area contributed by atoms with Crippen LogP contribution in [0.15, 0.2) is 0 Å². The zero-order valence-electron chi connectivity index (χ0n) is 6.17. The first-order chi connectivity index (χ1) is 4.25. The van der Waals surface area contributed by atoms with Crippen LogP contribution in [0.2, 0.25) is 0 Å². The van der Waals surface area contributed by atoms with E-state index in [2.05, 4.69) is 11.8 Å². The second-order valence-electron chi connectivity index (χ2n) is 2.79. The number of aliphatic hydroxyl groups excluding tert-OH is 1. The third-order valence-electron chi connectivity index (χ3n) is 2.28. The van der Waals surface area contributed by atoms with E-state index in [1.165, 1.54) is 0 Å². The lowest BCUT2D eigenvalue weighted by molar-refractivity contribution is 0.0370. The van der Waals surface area contributed by atoms with Crippen LogP contribution in [0.1, 0.15) is 26.2 Å². The maximum atomic E-state index is 9.23. The molecule has 0 saturated carbocycles. The highest BCUT2D eigenvalue weighted by molar-refractivity contribution is 4.77. The quantitative estimate of drug-likeness (QED) is 0.566. The minimum Gasteiger partial charge on any atom is -0.378 e. The molecule has 0 aromatic heterocycles. The zero-order valence-corrected chi connectivity index (χ0v) is 6.17. The Morgan fingerprint density at radius 3 is 2.44 bits per heavy atom. The average Bonchev–Trinajstić information content (AvgIpc) is 2.15. The predicted octanol–water partition coefficient (Wildman–Crippen LogP) is 0.809. The van der Waals surface area contributed by atoms with Crippen molar-refractivity contribution in [3.05, 3.63) is 0 Å². The lowest BCUT2D eigenvalue weighted by Crippen LogP contribution is -2.31. The van der Waals surface area contributed by atoms with Crippen molar-refractivity contribution in [3.8, 4) is 0 Å². The summed E-state index contributed by atoms with van der Waals surface area (Å²) in [5.74, 6) is 0. The average molecular weight is 129 g/mol. The van der Waals surface area contributed by atoms with Crippen molar-refractivity contribution < 1.29 is 5.11 Å². The molecule has 0 bridgehead atoms. The Kier molecular flexibility index (Phi) is 2.09. The number of likely N-dealkylation sites (tertiary alicyclic amines) is 1. The van der Waals surface area contributed by atoms with E-state index < -0.39 is 0 Å². The molecule has 2 unspecified atom stereocenters. The fourth-order valence-corrected chi connectivity index (χ4v) is 1.48. The molecule has 0 radical (unpaired) electrons. The Morgan fingerprint density at radius 1 is 1.56 bits per heavy atom. The van der Waals surface area contributed by atoms with Gasteiger partial charge < -0.3 is 5.11 Å². The highest BCUT2D eigenvalue weighted by Crippen LogP contribution is 2.21. The Morgan fingerprint density at radius 2 is 2.22 bits per heavy atom. The molecule has 54 valence electrons. The first kappa shape index (κ1) is 7.03. The van der Waals surface area contributed by atoms with Crippen LogP contribution >= 0.6 is 0 Å². The maximum Gasteiger partial charge on any atom is 0.107 e. The van der Waals surface area contributed by atoms with Gasteiger partial charge in [-0.05, 0) is 26.3 Å². The van der Waals surface area contributed by atoms with Crippen molar-refractivity contribution >= 4 is 0 Å². The lowest BCUT2D eigenvalue weighted by atomic mass is 10.2. The monoisotopic (exact) mass is 129 g/mol. The topological polar surface area (TPSA) is 23.5 Å². The summed E-state index contributed by atoms with van der Waals surface area (Å²) in [6.07, 6.45) is 3.10. The van der Waals surface area contributed by atoms with Gasteiger partial charge in [0.1, 0.15) is 6.23 Å². The van der Waals surface area contributed by atoms with E-state index in [4.69, 9.17) is 0 Å². The van der Waals surface area contributed by atoms with Crippen molar-refractivity contribution in [2.24, 2.45) is 0 Å². The predicted molar refractivity (Wildman–Crippen MR) is 37.1 cm³/mol. The molecule has 2 heteroatoms. The van der Waals surface area contributed by atoms with E-state index in [1.807, 2.05) is 7.05 Å². The van der Waals surface area contributed by atoms with Crippen LogP contribution in [0.25, 0.3) is 0 Å². The van der Waals surface area contributed by atoms with Crippen LogP contribution in [-0.4, -0.2) is 29.3 Å². The largest absolute Gasteiger partial charge is 0.378 e. The fraction of sp³-hybridized carbons (Fsp3) is 1.00. The number of rotatable bonds is 1. The summed E-state index contributed by atoms with van der Waals surface area (Å²) in [7, 11) is 1.99. The fourth-order valence-electron chi connectivity index (χ4n) is 1.48. The standard InChI is InChI=1S/C7H15NO/c1-3-6-4-5-7(9)8(6)2/h6-7,9H,3-5H2,1-2H3. The lowest BCUT2D eigenvalue weighted by Gasteiger charge is -2.20. The van der Waals surface area contributed by atoms with Gasteiger partial charge in [0.05, 0.1) is 0 Å². The van der Waals surface area contributed by atoms with Crippen LogP contribution in [0.3, 0.4) is 0 Å². The number of nitrogens with zero attached hydrogens (tertiary/aromatic N) is 1. The van der Waals surface area contributed by atoms with Gasteiger partial charge in [0.2, 0.25) is 0 Å². The van der Waals surface area contributed by atoms with E-state index in [9.17, 15) is 5.11 Å². The zero-order chi connectivity index (χ0) is 6.85. The minimum absolute atomic E-state index is 0.171. The molecule has 1 aliphatic heterocycles. The van der Waals surface area contributed by atoms with Gasteiger partial charge >= 0.3 is 0 Å². The molecule has 0 aromatic carbocycles. The van der Waals surface area contributed by atoms with Crippen LogP contribution in [0.4, 0.5) is 0 Å². The second kappa shape index (κ2) is 2.67. The van der Waals surface area contributed by atoms with Gasteiger partial charge in [0.15, 0.2) is 0 Å². The molecule has 0 amide bonds. The van der Waals surface area contributed by atoms with Crippen molar-refractivity contribution in [2.45, 2.75) is 38.5 Å². The minimum atomic E-state index is -0.171. The SMILES string of the molecule is CCC1CCC(O)N1C. The van der Waals surface area contributed by atoms with Crippen molar-refractivity contribution in [2.75, 3.05) is 7.05 Å². The highest BCUT2D eigenvalue weighted by atomic mass is 16.3. The Bertz CT molecular complexity index is 94.9. The molecule has 9 heavy (non-hydrogen) atoms. The molecular weight excluding hydrogens is 114 g/mol. The molecule has 1 aliphatic rings. The molecule has 0 aliphatic carbocycles. The summed E-state index contributed by atoms with van der Waals surface area (Å²) in [6, 6.07) is 0.625. The second-order valence-corrected chi connectivity index (χ2v) is 2.79. The van der Waals surface area contributed by atoms with E-state index in [0.29, 0.717) is 6.04 Å². The highest BCUT2D eigenvalue weighted by Gasteiger charge is 2.26. The molecule has 2 nitrogen and oxygen atoms in total. The van der Waals surface area contributed by atoms with Gasteiger partial charge in [-0.2, -0.15) is 0 Å². The number of aliphatic hydroxyl groups is 1. The van der Waals surface area contributed by atoms with Gasteiger partial charge in [-0.25, -0.2) is 0 Å².